The largest absolute Gasteiger partial charge is 0.468 e. The fourth-order valence-corrected chi connectivity index (χ4v) is 2.16. The molecular weight excluding hydrogens is 262 g/mol. The van der Waals surface area contributed by atoms with E-state index in [1.54, 1.807) is 6.26 Å². The predicted molar refractivity (Wildman–Crippen MR) is 83.7 cm³/mol. The van der Waals surface area contributed by atoms with Crippen LogP contribution in [0, 0.1) is 0 Å². The van der Waals surface area contributed by atoms with Crippen molar-refractivity contribution in [2.75, 3.05) is 6.61 Å². The molecule has 21 heavy (non-hydrogen) atoms. The first-order valence-electron chi connectivity index (χ1n) is 7.50. The van der Waals surface area contributed by atoms with Gasteiger partial charge in [0.1, 0.15) is 5.76 Å². The van der Waals surface area contributed by atoms with Crippen LogP contribution >= 0.6 is 0 Å². The molecule has 1 aliphatic carbocycles. The Balaban J connectivity index is 1.40. The van der Waals surface area contributed by atoms with E-state index in [2.05, 4.69) is 23.5 Å². The second-order valence-corrected chi connectivity index (χ2v) is 5.35. The second-order valence-electron chi connectivity index (χ2n) is 5.35. The lowest BCUT2D eigenvalue weighted by Crippen LogP contribution is -2.15. The summed E-state index contributed by atoms with van der Waals surface area (Å²) in [6.07, 6.45) is 8.43. The zero-order valence-corrected chi connectivity index (χ0v) is 12.1. The minimum Gasteiger partial charge on any atom is -0.468 e. The van der Waals surface area contributed by atoms with Gasteiger partial charge < -0.3 is 14.5 Å². The van der Waals surface area contributed by atoms with Crippen molar-refractivity contribution in [1.29, 1.82) is 0 Å². The lowest BCUT2D eigenvalue weighted by atomic mass is 10.2. The van der Waals surface area contributed by atoms with Gasteiger partial charge in [-0.3, -0.25) is 0 Å². The number of hydrogen-bond donors (Lipinski definition) is 1. The smallest absolute Gasteiger partial charge is 0.123 e. The third-order valence-corrected chi connectivity index (χ3v) is 3.55. The van der Waals surface area contributed by atoms with Crippen molar-refractivity contribution in [3.63, 3.8) is 0 Å². The molecule has 0 bridgehead atoms. The number of ether oxygens (including phenoxy) is 1. The Morgan fingerprint density at radius 1 is 1.19 bits per heavy atom. The van der Waals surface area contributed by atoms with Crippen LogP contribution in [-0.2, 0) is 17.9 Å². The molecule has 0 amide bonds. The lowest BCUT2D eigenvalue weighted by Gasteiger charge is -2.04. The van der Waals surface area contributed by atoms with Crippen LogP contribution in [0.2, 0.25) is 0 Å². The van der Waals surface area contributed by atoms with Crippen molar-refractivity contribution in [3.05, 3.63) is 65.6 Å². The molecule has 0 radical (unpaired) electrons. The molecule has 0 saturated heterocycles. The summed E-state index contributed by atoms with van der Waals surface area (Å²) in [5.74, 6) is 0.994. The molecule has 3 nitrogen and oxygen atoms in total. The molecule has 1 saturated carbocycles. The maximum absolute atomic E-state index is 5.69. The highest BCUT2D eigenvalue weighted by atomic mass is 16.5. The van der Waals surface area contributed by atoms with Gasteiger partial charge in [-0.1, -0.05) is 42.5 Å². The third-order valence-electron chi connectivity index (χ3n) is 3.55. The first-order chi connectivity index (χ1) is 10.4. The van der Waals surface area contributed by atoms with Gasteiger partial charge in [-0.15, -0.1) is 0 Å². The molecule has 1 fully saturated rings. The van der Waals surface area contributed by atoms with Crippen molar-refractivity contribution in [2.24, 2.45) is 0 Å². The van der Waals surface area contributed by atoms with Gasteiger partial charge in [0.25, 0.3) is 0 Å². The fraction of sp³-hybridized carbons (Fsp3) is 0.333. The van der Waals surface area contributed by atoms with E-state index in [0.717, 1.165) is 17.9 Å². The topological polar surface area (TPSA) is 34.4 Å². The molecular formula is C18H21NO2. The van der Waals surface area contributed by atoms with Crippen molar-refractivity contribution in [1.82, 2.24) is 5.32 Å². The number of benzene rings is 1. The van der Waals surface area contributed by atoms with Gasteiger partial charge in [-0.2, -0.15) is 0 Å². The van der Waals surface area contributed by atoms with Gasteiger partial charge in [-0.05, 0) is 24.5 Å². The van der Waals surface area contributed by atoms with Gasteiger partial charge in [0, 0.05) is 11.6 Å². The SMILES string of the molecule is C(=Cc1ccccc1)COCc1ccoc1CNC1CC1. The Morgan fingerprint density at radius 3 is 2.86 bits per heavy atom. The summed E-state index contributed by atoms with van der Waals surface area (Å²) in [6, 6.07) is 12.9. The highest BCUT2D eigenvalue weighted by Crippen LogP contribution is 2.20. The van der Waals surface area contributed by atoms with Gasteiger partial charge in [0.2, 0.25) is 0 Å². The van der Waals surface area contributed by atoms with Crippen LogP contribution in [0.25, 0.3) is 6.08 Å². The van der Waals surface area contributed by atoms with Crippen LogP contribution in [0.15, 0.2) is 53.2 Å². The average molecular weight is 283 g/mol. The van der Waals surface area contributed by atoms with E-state index in [1.165, 1.54) is 18.4 Å². The summed E-state index contributed by atoms with van der Waals surface area (Å²) in [5, 5.41) is 3.46. The van der Waals surface area contributed by atoms with Crippen LogP contribution in [0.5, 0.6) is 0 Å². The van der Waals surface area contributed by atoms with Gasteiger partial charge in [0.05, 0.1) is 26.0 Å². The Hall–Kier alpha value is -1.84. The van der Waals surface area contributed by atoms with Crippen LogP contribution in [-0.4, -0.2) is 12.6 Å². The van der Waals surface area contributed by atoms with E-state index in [-0.39, 0.29) is 0 Å². The standard InChI is InChI=1S/C18H21NO2/c1-2-5-15(6-3-1)7-4-11-20-14-16-10-12-21-18(16)13-19-17-8-9-17/h1-7,10,12,17,19H,8-9,11,13-14H2. The molecule has 1 aliphatic rings. The normalized spacial score (nSPS) is 14.9. The number of nitrogens with one attached hydrogen (secondary N) is 1. The van der Waals surface area contributed by atoms with Crippen LogP contribution < -0.4 is 5.32 Å². The van der Waals surface area contributed by atoms with E-state index < -0.39 is 0 Å². The maximum atomic E-state index is 5.69. The molecule has 110 valence electrons. The molecule has 1 N–H and O–H groups in total. The highest BCUT2D eigenvalue weighted by molar-refractivity contribution is 5.48. The summed E-state index contributed by atoms with van der Waals surface area (Å²) in [5.41, 5.74) is 2.33. The fourth-order valence-electron chi connectivity index (χ4n) is 2.16. The van der Waals surface area contributed by atoms with E-state index in [1.807, 2.05) is 30.3 Å². The lowest BCUT2D eigenvalue weighted by molar-refractivity contribution is 0.147. The first-order valence-corrected chi connectivity index (χ1v) is 7.50. The van der Waals surface area contributed by atoms with Gasteiger partial charge in [0.15, 0.2) is 0 Å². The zero-order valence-electron chi connectivity index (χ0n) is 12.1. The van der Waals surface area contributed by atoms with E-state index >= 15 is 0 Å². The average Bonchev–Trinajstić information content (AvgIpc) is 3.25. The number of hydrogen-bond acceptors (Lipinski definition) is 3. The van der Waals surface area contributed by atoms with E-state index in [9.17, 15) is 0 Å². The Kier molecular flexibility index (Phi) is 4.87. The van der Waals surface area contributed by atoms with Crippen molar-refractivity contribution >= 4 is 6.08 Å². The van der Waals surface area contributed by atoms with E-state index in [4.69, 9.17) is 9.15 Å². The minimum absolute atomic E-state index is 0.595. The monoisotopic (exact) mass is 283 g/mol. The van der Waals surface area contributed by atoms with Crippen LogP contribution in [0.1, 0.15) is 29.7 Å². The molecule has 0 atom stereocenters. The quantitative estimate of drug-likeness (QED) is 0.749. The van der Waals surface area contributed by atoms with Crippen molar-refractivity contribution in [3.8, 4) is 0 Å². The van der Waals surface area contributed by atoms with E-state index in [0.29, 0.717) is 19.3 Å². The zero-order chi connectivity index (χ0) is 14.3. The third kappa shape index (κ3) is 4.59. The van der Waals surface area contributed by atoms with Crippen LogP contribution in [0.3, 0.4) is 0 Å². The Morgan fingerprint density at radius 2 is 2.05 bits per heavy atom. The molecule has 2 aromatic rings. The second kappa shape index (κ2) is 7.25. The summed E-state index contributed by atoms with van der Waals surface area (Å²) < 4.78 is 11.2. The maximum Gasteiger partial charge on any atom is 0.123 e. The molecule has 1 heterocycles. The van der Waals surface area contributed by atoms with Crippen LogP contribution in [0.4, 0.5) is 0 Å². The molecule has 0 spiro atoms. The highest BCUT2D eigenvalue weighted by Gasteiger charge is 2.21. The number of furan rings is 1. The summed E-state index contributed by atoms with van der Waals surface area (Å²) in [6.45, 7) is 2.00. The van der Waals surface area contributed by atoms with Gasteiger partial charge in [-0.25, -0.2) is 0 Å². The molecule has 1 aromatic carbocycles. The Labute approximate surface area is 125 Å². The summed E-state index contributed by atoms with van der Waals surface area (Å²) in [7, 11) is 0. The molecule has 1 aromatic heterocycles. The number of rotatable bonds is 8. The summed E-state index contributed by atoms with van der Waals surface area (Å²) in [4.78, 5) is 0. The van der Waals surface area contributed by atoms with Crippen molar-refractivity contribution in [2.45, 2.75) is 32.0 Å². The molecule has 3 rings (SSSR count). The molecule has 3 heteroatoms. The van der Waals surface area contributed by atoms with Gasteiger partial charge >= 0.3 is 0 Å². The minimum atomic E-state index is 0.595. The first kappa shape index (κ1) is 14.1. The predicted octanol–water partition coefficient (Wildman–Crippen LogP) is 3.76. The molecule has 0 unspecified atom stereocenters. The molecule has 0 aliphatic heterocycles. The van der Waals surface area contributed by atoms with Crippen molar-refractivity contribution < 1.29 is 9.15 Å². The summed E-state index contributed by atoms with van der Waals surface area (Å²) >= 11 is 0. The Bertz CT molecular complexity index is 570.